The van der Waals surface area contributed by atoms with Crippen LogP contribution in [0.25, 0.3) is 6.08 Å². The molecule has 1 saturated heterocycles. The number of hydrogen-bond acceptors (Lipinski definition) is 6. The molecular formula is C26H20ClIN2O5S. The van der Waals surface area contributed by atoms with Crippen LogP contribution in [0.3, 0.4) is 0 Å². The van der Waals surface area contributed by atoms with E-state index in [0.29, 0.717) is 34.4 Å². The van der Waals surface area contributed by atoms with E-state index < -0.39 is 17.1 Å². The van der Waals surface area contributed by atoms with E-state index in [-0.39, 0.29) is 11.4 Å². The lowest BCUT2D eigenvalue weighted by Gasteiger charge is -2.14. The van der Waals surface area contributed by atoms with Crippen molar-refractivity contribution in [1.29, 1.82) is 0 Å². The molecule has 0 saturated carbocycles. The van der Waals surface area contributed by atoms with Crippen LogP contribution in [0.15, 0.2) is 71.6 Å². The number of benzene rings is 3. The largest absolute Gasteiger partial charge is 0.493 e. The average Bonchev–Trinajstić information content (AvgIpc) is 3.12. The van der Waals surface area contributed by atoms with Gasteiger partial charge in [-0.25, -0.2) is 0 Å². The van der Waals surface area contributed by atoms with Gasteiger partial charge < -0.3 is 14.8 Å². The van der Waals surface area contributed by atoms with Crippen LogP contribution in [0.4, 0.5) is 10.5 Å². The molecule has 10 heteroatoms. The number of amides is 3. The molecule has 0 aliphatic carbocycles. The molecule has 0 aromatic heterocycles. The molecule has 0 radical (unpaired) electrons. The molecule has 7 nitrogen and oxygen atoms in total. The van der Waals surface area contributed by atoms with Gasteiger partial charge in [0, 0.05) is 9.26 Å². The molecule has 3 aromatic carbocycles. The van der Waals surface area contributed by atoms with Gasteiger partial charge in [0.2, 0.25) is 5.91 Å². The summed E-state index contributed by atoms with van der Waals surface area (Å²) in [4.78, 5) is 38.8. The number of anilines is 1. The van der Waals surface area contributed by atoms with Crippen molar-refractivity contribution in [1.82, 2.24) is 4.90 Å². The van der Waals surface area contributed by atoms with E-state index in [1.54, 1.807) is 24.3 Å². The standard InChI is InChI=1S/C26H20ClIN2O5S/c1-34-21-12-17(11-20(27)24(21)35-15-16-5-3-2-4-6-16)13-22-25(32)30(26(33)36-22)14-23(31)29-19-9-7-18(28)8-10-19/h2-13H,14-15H2,1H3,(H,29,31)/b22-13-. The SMILES string of the molecule is COc1cc(/C=C2\SC(=O)N(CC(=O)Nc3ccc(I)cc3)C2=O)cc(Cl)c1OCc1ccccc1. The summed E-state index contributed by atoms with van der Waals surface area (Å²) in [7, 11) is 1.49. The maximum atomic E-state index is 12.9. The van der Waals surface area contributed by atoms with Crippen molar-refractivity contribution < 1.29 is 23.9 Å². The average molecular weight is 635 g/mol. The Kier molecular flexibility index (Phi) is 8.55. The number of thioether (sulfide) groups is 1. The molecule has 1 aliphatic heterocycles. The Labute approximate surface area is 230 Å². The van der Waals surface area contributed by atoms with Crippen LogP contribution in [0, 0.1) is 3.57 Å². The zero-order chi connectivity index (χ0) is 25.7. The van der Waals surface area contributed by atoms with Crippen LogP contribution in [-0.2, 0) is 16.2 Å². The van der Waals surface area contributed by atoms with Crippen LogP contribution in [-0.4, -0.2) is 35.6 Å². The first-order valence-corrected chi connectivity index (χ1v) is 13.0. The van der Waals surface area contributed by atoms with Crippen molar-refractivity contribution in [2.24, 2.45) is 0 Å². The lowest BCUT2D eigenvalue weighted by molar-refractivity contribution is -0.127. The lowest BCUT2D eigenvalue weighted by atomic mass is 10.1. The number of carbonyl (C=O) groups excluding carboxylic acids is 3. The van der Waals surface area contributed by atoms with E-state index in [4.69, 9.17) is 21.1 Å². The molecule has 1 N–H and O–H groups in total. The second kappa shape index (κ2) is 11.8. The fourth-order valence-corrected chi connectivity index (χ4v) is 4.83. The number of methoxy groups -OCH3 is 1. The number of nitrogens with one attached hydrogen (secondary N) is 1. The minimum absolute atomic E-state index is 0.179. The number of nitrogens with zero attached hydrogens (tertiary/aromatic N) is 1. The van der Waals surface area contributed by atoms with E-state index in [2.05, 4.69) is 27.9 Å². The normalized spacial score (nSPS) is 14.3. The quantitative estimate of drug-likeness (QED) is 0.235. The first kappa shape index (κ1) is 26.1. The molecule has 1 aliphatic rings. The molecule has 36 heavy (non-hydrogen) atoms. The Balaban J connectivity index is 1.46. The zero-order valence-corrected chi connectivity index (χ0v) is 22.7. The molecule has 0 unspecified atom stereocenters. The second-order valence-corrected chi connectivity index (χ2v) is 10.3. The first-order chi connectivity index (χ1) is 17.3. The molecule has 1 fully saturated rings. The van der Waals surface area contributed by atoms with Gasteiger partial charge in [-0.2, -0.15) is 0 Å². The van der Waals surface area contributed by atoms with Crippen LogP contribution < -0.4 is 14.8 Å². The number of ether oxygens (including phenoxy) is 2. The van der Waals surface area contributed by atoms with Gasteiger partial charge in [0.25, 0.3) is 11.1 Å². The predicted molar refractivity (Wildman–Crippen MR) is 149 cm³/mol. The highest BCUT2D eigenvalue weighted by Gasteiger charge is 2.36. The fourth-order valence-electron chi connectivity index (χ4n) is 3.36. The summed E-state index contributed by atoms with van der Waals surface area (Å²) < 4.78 is 12.3. The third kappa shape index (κ3) is 6.40. The summed E-state index contributed by atoms with van der Waals surface area (Å²) in [6.45, 7) is -0.0796. The summed E-state index contributed by atoms with van der Waals surface area (Å²) in [5.41, 5.74) is 2.11. The number of halogens is 2. The van der Waals surface area contributed by atoms with E-state index in [1.807, 2.05) is 42.5 Å². The summed E-state index contributed by atoms with van der Waals surface area (Å²) in [5, 5.41) is 2.46. The van der Waals surface area contributed by atoms with Crippen molar-refractivity contribution in [3.63, 3.8) is 0 Å². The van der Waals surface area contributed by atoms with E-state index >= 15 is 0 Å². The predicted octanol–water partition coefficient (Wildman–Crippen LogP) is 6.21. The molecule has 0 atom stereocenters. The van der Waals surface area contributed by atoms with Gasteiger partial charge >= 0.3 is 0 Å². The van der Waals surface area contributed by atoms with Crippen LogP contribution in [0.5, 0.6) is 11.5 Å². The maximum Gasteiger partial charge on any atom is 0.294 e. The summed E-state index contributed by atoms with van der Waals surface area (Å²) in [6, 6.07) is 20.1. The van der Waals surface area contributed by atoms with Gasteiger partial charge in [0.05, 0.1) is 17.0 Å². The topological polar surface area (TPSA) is 84.9 Å². The highest BCUT2D eigenvalue weighted by atomic mass is 127. The molecule has 0 spiro atoms. The van der Waals surface area contributed by atoms with E-state index in [9.17, 15) is 14.4 Å². The molecule has 3 amide bonds. The molecule has 1 heterocycles. The summed E-state index contributed by atoms with van der Waals surface area (Å²) in [5.74, 6) is -0.256. The Morgan fingerprint density at radius 1 is 1.11 bits per heavy atom. The fraction of sp³-hybridized carbons (Fsp3) is 0.115. The van der Waals surface area contributed by atoms with Crippen LogP contribution in [0.2, 0.25) is 5.02 Å². The van der Waals surface area contributed by atoms with Gasteiger partial charge in [-0.3, -0.25) is 19.3 Å². The van der Waals surface area contributed by atoms with E-state index in [1.165, 1.54) is 13.2 Å². The van der Waals surface area contributed by atoms with Gasteiger partial charge in [-0.15, -0.1) is 0 Å². The van der Waals surface area contributed by atoms with Crippen molar-refractivity contribution >= 4 is 74.8 Å². The minimum atomic E-state index is -0.553. The molecule has 4 rings (SSSR count). The second-order valence-electron chi connectivity index (χ2n) is 7.63. The molecule has 3 aromatic rings. The minimum Gasteiger partial charge on any atom is -0.493 e. The smallest absolute Gasteiger partial charge is 0.294 e. The van der Waals surface area contributed by atoms with Crippen molar-refractivity contribution in [3.05, 3.63) is 91.4 Å². The monoisotopic (exact) mass is 634 g/mol. The number of imide groups is 1. The third-order valence-corrected chi connectivity index (χ3v) is 6.99. The molecular weight excluding hydrogens is 615 g/mol. The lowest BCUT2D eigenvalue weighted by Crippen LogP contribution is -2.36. The van der Waals surface area contributed by atoms with Gasteiger partial charge in [0.15, 0.2) is 11.5 Å². The Morgan fingerprint density at radius 2 is 1.83 bits per heavy atom. The Bertz CT molecular complexity index is 1330. The van der Waals surface area contributed by atoms with Crippen LogP contribution >= 0.6 is 46.0 Å². The highest BCUT2D eigenvalue weighted by molar-refractivity contribution is 14.1. The number of carbonyl (C=O) groups is 3. The Hall–Kier alpha value is -3.02. The highest BCUT2D eigenvalue weighted by Crippen LogP contribution is 2.39. The zero-order valence-electron chi connectivity index (χ0n) is 19.0. The molecule has 184 valence electrons. The van der Waals surface area contributed by atoms with Crippen molar-refractivity contribution in [2.75, 3.05) is 19.0 Å². The van der Waals surface area contributed by atoms with Gasteiger partial charge in [-0.1, -0.05) is 41.9 Å². The number of hydrogen-bond donors (Lipinski definition) is 1. The molecule has 0 bridgehead atoms. The Morgan fingerprint density at radius 3 is 2.53 bits per heavy atom. The third-order valence-electron chi connectivity index (χ3n) is 5.08. The van der Waals surface area contributed by atoms with Gasteiger partial charge in [-0.05, 0) is 88.0 Å². The van der Waals surface area contributed by atoms with E-state index in [0.717, 1.165) is 25.8 Å². The van der Waals surface area contributed by atoms with Crippen LogP contribution in [0.1, 0.15) is 11.1 Å². The van der Waals surface area contributed by atoms with Gasteiger partial charge in [0.1, 0.15) is 13.2 Å². The number of rotatable bonds is 8. The maximum absolute atomic E-state index is 12.9. The summed E-state index contributed by atoms with van der Waals surface area (Å²) in [6.07, 6.45) is 1.54. The van der Waals surface area contributed by atoms with Crippen molar-refractivity contribution in [3.8, 4) is 11.5 Å². The first-order valence-electron chi connectivity index (χ1n) is 10.7. The van der Waals surface area contributed by atoms with Crippen molar-refractivity contribution in [2.45, 2.75) is 6.61 Å². The summed E-state index contributed by atoms with van der Waals surface area (Å²) >= 11 is 9.38.